The molecule has 0 radical (unpaired) electrons. The molecule has 2 N–H and O–H groups in total. The highest BCUT2D eigenvalue weighted by molar-refractivity contribution is 8.15. The Kier molecular flexibility index (Phi) is 5.21. The van der Waals surface area contributed by atoms with Gasteiger partial charge in [-0.05, 0) is 36.3 Å². The molecule has 3 aliphatic rings. The summed E-state index contributed by atoms with van der Waals surface area (Å²) in [6, 6.07) is 10.3. The number of nitrogens with zero attached hydrogens (tertiary/aromatic N) is 1. The molecule has 0 aromatic heterocycles. The summed E-state index contributed by atoms with van der Waals surface area (Å²) in [5, 5.41) is 1.24. The topological polar surface area (TPSA) is 38.2 Å². The highest BCUT2D eigenvalue weighted by Crippen LogP contribution is 2.67. The molecule has 1 atom stereocenters. The summed E-state index contributed by atoms with van der Waals surface area (Å²) in [5.74, 6) is 0. The largest absolute Gasteiger partial charge is 0.370 e. The molecule has 146 valence electrons. The number of hydrogen-bond acceptors (Lipinski definition) is 4. The van der Waals surface area contributed by atoms with Crippen LogP contribution < -0.4 is 15.1 Å². The Labute approximate surface area is 167 Å². The van der Waals surface area contributed by atoms with Crippen molar-refractivity contribution in [2.75, 3.05) is 37.7 Å². The Bertz CT molecular complexity index is 816. The van der Waals surface area contributed by atoms with Gasteiger partial charge in [0.05, 0.1) is 31.2 Å². The molecule has 4 rings (SSSR count). The number of fused-ring (bicyclic) bond motifs is 1. The molecule has 0 spiro atoms. The summed E-state index contributed by atoms with van der Waals surface area (Å²) < 4.78 is 14.1. The molecule has 0 amide bonds. The molecule has 1 aromatic rings. The summed E-state index contributed by atoms with van der Waals surface area (Å²) in [7, 11) is 0. The van der Waals surface area contributed by atoms with Crippen molar-refractivity contribution in [3.8, 4) is 0 Å². The van der Waals surface area contributed by atoms with E-state index in [9.17, 15) is 0 Å². The highest BCUT2D eigenvalue weighted by atomic mass is 32.4. The Morgan fingerprint density at radius 1 is 1.26 bits per heavy atom. The fraction of sp³-hybridized carbons (Fsp3) is 0.500. The van der Waals surface area contributed by atoms with Crippen LogP contribution in [-0.2, 0) is 21.1 Å². The normalized spacial score (nSPS) is 28.0. The third kappa shape index (κ3) is 3.50. The molecule has 7 heteroatoms. The van der Waals surface area contributed by atoms with Gasteiger partial charge in [0.25, 0.3) is 0 Å². The second-order valence-corrected chi connectivity index (χ2v) is 11.6. The lowest BCUT2D eigenvalue weighted by atomic mass is 9.82. The first-order chi connectivity index (χ1) is 12.9. The van der Waals surface area contributed by atoms with Gasteiger partial charge in [0.2, 0.25) is 6.42 Å². The average Bonchev–Trinajstić information content (AvgIpc) is 2.94. The smallest absolute Gasteiger partial charge is 0.212 e. The molecule has 27 heavy (non-hydrogen) atoms. The van der Waals surface area contributed by atoms with E-state index in [0.29, 0.717) is 6.61 Å². The van der Waals surface area contributed by atoms with Gasteiger partial charge in [-0.1, -0.05) is 38.1 Å². The Hall–Kier alpha value is -1.17. The zero-order valence-corrected chi connectivity index (χ0v) is 18.0. The molecular formula is C20H29N3O2PS+. The summed E-state index contributed by atoms with van der Waals surface area (Å²) in [4.78, 5) is 1.50. The van der Waals surface area contributed by atoms with Gasteiger partial charge in [-0.15, -0.1) is 0 Å². The standard InChI is InChI=1S/C20H28N3O2PS/c1-4-25-26(27)19-17(21-23(26)16-8-6-5-7-9-16)14-20(2,3)15-18(19)22-10-12-24-13-11-22/h5-9,14,21H,4,10-13,15H2,1-3H3/p+1/t26-/m1/s1. The van der Waals surface area contributed by atoms with Crippen LogP contribution in [0.4, 0.5) is 5.69 Å². The lowest BCUT2D eigenvalue weighted by molar-refractivity contribution is -0.871. The van der Waals surface area contributed by atoms with E-state index >= 15 is 0 Å². The van der Waals surface area contributed by atoms with Gasteiger partial charge in [-0.25, -0.2) is 4.78 Å². The van der Waals surface area contributed by atoms with Gasteiger partial charge in [0.1, 0.15) is 24.1 Å². The first kappa shape index (κ1) is 19.2. The number of quaternary nitrogens is 1. The zero-order valence-electron chi connectivity index (χ0n) is 16.3. The van der Waals surface area contributed by atoms with E-state index in [1.165, 1.54) is 15.9 Å². The van der Waals surface area contributed by atoms with E-state index in [2.05, 4.69) is 42.3 Å². The molecule has 2 heterocycles. The van der Waals surface area contributed by atoms with Crippen LogP contribution in [0.25, 0.3) is 0 Å². The van der Waals surface area contributed by atoms with E-state index in [4.69, 9.17) is 21.1 Å². The van der Waals surface area contributed by atoms with E-state index < -0.39 is 6.42 Å². The molecular weight excluding hydrogens is 377 g/mol. The SMILES string of the molecule is CCO[P@@]1(=S)C2=C([NH+]3CCOCC3)CC(C)(C)C=C2NN1c1ccccc1. The van der Waals surface area contributed by atoms with E-state index in [1.807, 2.05) is 25.1 Å². The third-order valence-corrected chi connectivity index (χ3v) is 9.20. The Balaban J connectivity index is 1.86. The molecule has 2 aliphatic heterocycles. The van der Waals surface area contributed by atoms with E-state index in [1.54, 1.807) is 0 Å². The Morgan fingerprint density at radius 3 is 2.63 bits per heavy atom. The van der Waals surface area contributed by atoms with E-state index in [0.717, 1.165) is 44.1 Å². The van der Waals surface area contributed by atoms with Crippen LogP contribution >= 0.6 is 6.42 Å². The number of hydrazine groups is 1. The van der Waals surface area contributed by atoms with Crippen LogP contribution in [0, 0.1) is 5.41 Å². The fourth-order valence-corrected chi connectivity index (χ4v) is 8.01. The van der Waals surface area contributed by atoms with Gasteiger partial charge >= 0.3 is 0 Å². The quantitative estimate of drug-likeness (QED) is 0.753. The molecule has 2 fully saturated rings. The third-order valence-electron chi connectivity index (χ3n) is 5.31. The number of morpholine rings is 1. The van der Waals surface area contributed by atoms with Crippen molar-refractivity contribution in [3.05, 3.63) is 53.1 Å². The molecule has 0 bridgehead atoms. The van der Waals surface area contributed by atoms with Crippen LogP contribution in [0.5, 0.6) is 0 Å². The van der Waals surface area contributed by atoms with Crippen molar-refractivity contribution >= 4 is 23.9 Å². The number of allylic oxidation sites excluding steroid dienone is 3. The number of benzene rings is 1. The summed E-state index contributed by atoms with van der Waals surface area (Å²) in [6.45, 7) is 10.8. The lowest BCUT2D eigenvalue weighted by Crippen LogP contribution is -3.12. The molecule has 1 aromatic carbocycles. The van der Waals surface area contributed by atoms with Gasteiger partial charge < -0.3 is 14.2 Å². The van der Waals surface area contributed by atoms with Crippen LogP contribution in [-0.4, -0.2) is 32.9 Å². The second-order valence-electron chi connectivity index (χ2n) is 7.96. The summed E-state index contributed by atoms with van der Waals surface area (Å²) >= 11 is 6.30. The molecule has 1 aliphatic carbocycles. The van der Waals surface area contributed by atoms with Gasteiger partial charge in [-0.3, -0.25) is 5.43 Å². The lowest BCUT2D eigenvalue weighted by Gasteiger charge is -2.35. The number of para-hydroxylation sites is 1. The van der Waals surface area contributed by atoms with Crippen molar-refractivity contribution in [2.45, 2.75) is 27.2 Å². The fourth-order valence-electron chi connectivity index (χ4n) is 4.19. The van der Waals surface area contributed by atoms with Gasteiger partial charge in [0.15, 0.2) is 0 Å². The zero-order chi connectivity index (χ0) is 19.1. The molecule has 0 unspecified atom stereocenters. The number of ether oxygens (including phenoxy) is 1. The second kappa shape index (κ2) is 7.34. The van der Waals surface area contributed by atoms with Crippen LogP contribution in [0.15, 0.2) is 53.1 Å². The van der Waals surface area contributed by atoms with Crippen molar-refractivity contribution in [1.29, 1.82) is 0 Å². The maximum absolute atomic E-state index is 6.36. The maximum atomic E-state index is 6.36. The first-order valence-electron chi connectivity index (χ1n) is 9.71. The monoisotopic (exact) mass is 406 g/mol. The first-order valence-corrected chi connectivity index (χ1v) is 12.4. The molecule has 0 saturated carbocycles. The van der Waals surface area contributed by atoms with Gasteiger partial charge in [0, 0.05) is 6.42 Å². The van der Waals surface area contributed by atoms with Crippen LogP contribution in [0.1, 0.15) is 27.2 Å². The van der Waals surface area contributed by atoms with Crippen molar-refractivity contribution in [1.82, 2.24) is 5.43 Å². The van der Waals surface area contributed by atoms with E-state index in [-0.39, 0.29) is 5.41 Å². The minimum Gasteiger partial charge on any atom is -0.370 e. The average molecular weight is 407 g/mol. The highest BCUT2D eigenvalue weighted by Gasteiger charge is 2.49. The maximum Gasteiger partial charge on any atom is 0.212 e. The molecule has 2 saturated heterocycles. The molecule has 5 nitrogen and oxygen atoms in total. The van der Waals surface area contributed by atoms with Crippen molar-refractivity contribution in [2.24, 2.45) is 5.41 Å². The van der Waals surface area contributed by atoms with Crippen LogP contribution in [0.2, 0.25) is 0 Å². The van der Waals surface area contributed by atoms with Crippen molar-refractivity contribution < 1.29 is 14.2 Å². The predicted octanol–water partition coefficient (Wildman–Crippen LogP) is 2.80. The summed E-state index contributed by atoms with van der Waals surface area (Å²) in [5.41, 5.74) is 7.33. The van der Waals surface area contributed by atoms with Gasteiger partial charge in [-0.2, -0.15) is 0 Å². The number of hydrogen-bond donors (Lipinski definition) is 2. The minimum absolute atomic E-state index is 0.0888. The number of nitrogens with one attached hydrogen (secondary N) is 2. The minimum atomic E-state index is -2.41. The summed E-state index contributed by atoms with van der Waals surface area (Å²) in [6.07, 6.45) is 0.945. The number of rotatable bonds is 4. The van der Waals surface area contributed by atoms with Crippen molar-refractivity contribution in [3.63, 3.8) is 0 Å². The predicted molar refractivity (Wildman–Crippen MR) is 113 cm³/mol. The number of anilines is 1. The van der Waals surface area contributed by atoms with Crippen LogP contribution in [0.3, 0.4) is 0 Å². The Morgan fingerprint density at radius 2 is 1.96 bits per heavy atom.